The Morgan fingerprint density at radius 1 is 1.47 bits per heavy atom. The summed E-state index contributed by atoms with van der Waals surface area (Å²) in [6, 6.07) is 6.00. The van der Waals surface area contributed by atoms with E-state index in [1.165, 1.54) is 23.6 Å². The Balaban J connectivity index is 2.43. The van der Waals surface area contributed by atoms with Crippen molar-refractivity contribution in [1.82, 2.24) is 4.57 Å². The van der Waals surface area contributed by atoms with Crippen LogP contribution in [0.1, 0.15) is 6.92 Å². The molecular weight excluding hydrogens is 225 g/mol. The standard InChI is InChI=1S/C12H12FNO3/c1-12(17,11(15)16)7-14-5-4-8-2-3-9(13)6-10(8)14/h2-6,17H,7H2,1H3,(H,15,16). The summed E-state index contributed by atoms with van der Waals surface area (Å²) in [6.45, 7) is 1.08. The van der Waals surface area contributed by atoms with Gasteiger partial charge in [-0.1, -0.05) is 0 Å². The quantitative estimate of drug-likeness (QED) is 0.852. The molecule has 2 aromatic rings. The molecule has 1 heterocycles. The SMILES string of the molecule is CC(O)(Cn1ccc2ccc(F)cc21)C(=O)O. The number of hydrogen-bond donors (Lipinski definition) is 2. The molecule has 0 aliphatic rings. The van der Waals surface area contributed by atoms with Gasteiger partial charge in [0.2, 0.25) is 0 Å². The van der Waals surface area contributed by atoms with Crippen LogP contribution in [-0.4, -0.2) is 26.4 Å². The van der Waals surface area contributed by atoms with E-state index in [1.54, 1.807) is 18.3 Å². The van der Waals surface area contributed by atoms with Crippen LogP contribution in [0.4, 0.5) is 4.39 Å². The number of carboxylic acid groups (broad SMARTS) is 1. The Morgan fingerprint density at radius 2 is 2.18 bits per heavy atom. The van der Waals surface area contributed by atoms with E-state index in [9.17, 15) is 14.3 Å². The van der Waals surface area contributed by atoms with Crippen LogP contribution in [0.2, 0.25) is 0 Å². The zero-order chi connectivity index (χ0) is 12.6. The molecule has 90 valence electrons. The van der Waals surface area contributed by atoms with Gasteiger partial charge in [-0.3, -0.25) is 0 Å². The van der Waals surface area contributed by atoms with E-state index in [0.717, 1.165) is 5.39 Å². The zero-order valence-electron chi connectivity index (χ0n) is 9.22. The van der Waals surface area contributed by atoms with Crippen LogP contribution < -0.4 is 0 Å². The number of benzene rings is 1. The molecule has 1 aromatic carbocycles. The molecule has 1 atom stereocenters. The number of aliphatic hydroxyl groups is 1. The van der Waals surface area contributed by atoms with E-state index in [-0.39, 0.29) is 6.54 Å². The molecule has 0 saturated heterocycles. The van der Waals surface area contributed by atoms with Gasteiger partial charge in [-0.15, -0.1) is 0 Å². The molecule has 0 spiro atoms. The van der Waals surface area contributed by atoms with Crippen LogP contribution >= 0.6 is 0 Å². The highest BCUT2D eigenvalue weighted by atomic mass is 19.1. The summed E-state index contributed by atoms with van der Waals surface area (Å²) in [4.78, 5) is 10.8. The number of hydrogen-bond acceptors (Lipinski definition) is 2. The summed E-state index contributed by atoms with van der Waals surface area (Å²) in [5, 5.41) is 19.3. The molecule has 4 nitrogen and oxygen atoms in total. The molecule has 0 amide bonds. The molecule has 1 unspecified atom stereocenters. The number of rotatable bonds is 3. The Morgan fingerprint density at radius 3 is 2.82 bits per heavy atom. The van der Waals surface area contributed by atoms with Gasteiger partial charge >= 0.3 is 5.97 Å². The zero-order valence-corrected chi connectivity index (χ0v) is 9.22. The first-order valence-electron chi connectivity index (χ1n) is 5.10. The van der Waals surface area contributed by atoms with Gasteiger partial charge in [-0.25, -0.2) is 9.18 Å². The minimum absolute atomic E-state index is 0.130. The molecule has 0 saturated carbocycles. The predicted octanol–water partition coefficient (Wildman–Crippen LogP) is 1.62. The first-order chi connectivity index (χ1) is 7.90. The third-order valence-corrected chi connectivity index (χ3v) is 2.67. The minimum atomic E-state index is -1.88. The van der Waals surface area contributed by atoms with Gasteiger partial charge < -0.3 is 14.8 Å². The number of carboxylic acids is 1. The van der Waals surface area contributed by atoms with Gasteiger partial charge in [0.05, 0.1) is 12.1 Å². The molecule has 0 aliphatic carbocycles. The molecule has 2 rings (SSSR count). The number of fused-ring (bicyclic) bond motifs is 1. The van der Waals surface area contributed by atoms with Gasteiger partial charge in [-0.2, -0.15) is 0 Å². The van der Waals surface area contributed by atoms with Crippen LogP contribution in [0.15, 0.2) is 30.5 Å². The van der Waals surface area contributed by atoms with Gasteiger partial charge in [0, 0.05) is 6.20 Å². The predicted molar refractivity (Wildman–Crippen MR) is 60.2 cm³/mol. The lowest BCUT2D eigenvalue weighted by Gasteiger charge is -2.19. The van der Waals surface area contributed by atoms with Gasteiger partial charge in [-0.05, 0) is 36.6 Å². The second-order valence-corrected chi connectivity index (χ2v) is 4.23. The average Bonchev–Trinajstić information content (AvgIpc) is 2.60. The first kappa shape index (κ1) is 11.6. The fourth-order valence-electron chi connectivity index (χ4n) is 1.69. The van der Waals surface area contributed by atoms with Crippen molar-refractivity contribution in [1.29, 1.82) is 0 Å². The highest BCUT2D eigenvalue weighted by Crippen LogP contribution is 2.19. The van der Waals surface area contributed by atoms with Crippen LogP contribution in [0, 0.1) is 5.82 Å². The second-order valence-electron chi connectivity index (χ2n) is 4.23. The fourth-order valence-corrected chi connectivity index (χ4v) is 1.69. The molecule has 0 radical (unpaired) electrons. The maximum absolute atomic E-state index is 13.1. The molecule has 0 bridgehead atoms. The van der Waals surface area contributed by atoms with Crippen LogP contribution in [-0.2, 0) is 11.3 Å². The fraction of sp³-hybridized carbons (Fsp3) is 0.250. The van der Waals surface area contributed by atoms with Crippen molar-refractivity contribution in [2.24, 2.45) is 0 Å². The molecule has 1 aromatic heterocycles. The Kier molecular flexibility index (Phi) is 2.63. The van der Waals surface area contributed by atoms with Gasteiger partial charge in [0.15, 0.2) is 5.60 Å². The highest BCUT2D eigenvalue weighted by Gasteiger charge is 2.30. The van der Waals surface area contributed by atoms with Crippen molar-refractivity contribution in [3.8, 4) is 0 Å². The van der Waals surface area contributed by atoms with Crippen molar-refractivity contribution in [2.75, 3.05) is 0 Å². The number of nitrogens with zero attached hydrogens (tertiary/aromatic N) is 1. The summed E-state index contributed by atoms with van der Waals surface area (Å²) >= 11 is 0. The van der Waals surface area contributed by atoms with Crippen molar-refractivity contribution >= 4 is 16.9 Å². The van der Waals surface area contributed by atoms with Gasteiger partial charge in [0.25, 0.3) is 0 Å². The smallest absolute Gasteiger partial charge is 0.337 e. The maximum Gasteiger partial charge on any atom is 0.337 e. The monoisotopic (exact) mass is 237 g/mol. The number of aromatic nitrogens is 1. The summed E-state index contributed by atoms with van der Waals surface area (Å²) in [5.74, 6) is -1.71. The molecule has 0 fully saturated rings. The summed E-state index contributed by atoms with van der Waals surface area (Å²) in [7, 11) is 0. The lowest BCUT2D eigenvalue weighted by Crippen LogP contribution is -2.39. The largest absolute Gasteiger partial charge is 0.479 e. The minimum Gasteiger partial charge on any atom is -0.479 e. The lowest BCUT2D eigenvalue weighted by atomic mass is 10.1. The lowest BCUT2D eigenvalue weighted by molar-refractivity contribution is -0.157. The third kappa shape index (κ3) is 2.14. The van der Waals surface area contributed by atoms with Crippen molar-refractivity contribution in [3.63, 3.8) is 0 Å². The Labute approximate surface area is 96.9 Å². The van der Waals surface area contributed by atoms with E-state index in [0.29, 0.717) is 5.52 Å². The van der Waals surface area contributed by atoms with Crippen LogP contribution in [0.3, 0.4) is 0 Å². The summed E-state index contributed by atoms with van der Waals surface area (Å²) < 4.78 is 14.6. The molecule has 0 aliphatic heterocycles. The number of aliphatic carboxylic acids is 1. The first-order valence-corrected chi connectivity index (χ1v) is 5.10. The van der Waals surface area contributed by atoms with E-state index < -0.39 is 17.4 Å². The Bertz CT molecular complexity index is 574. The molecule has 2 N–H and O–H groups in total. The van der Waals surface area contributed by atoms with E-state index in [4.69, 9.17) is 5.11 Å². The van der Waals surface area contributed by atoms with E-state index in [2.05, 4.69) is 0 Å². The van der Waals surface area contributed by atoms with Gasteiger partial charge in [0.1, 0.15) is 5.82 Å². The normalized spacial score (nSPS) is 14.8. The Hall–Kier alpha value is -1.88. The number of halogens is 1. The van der Waals surface area contributed by atoms with Crippen molar-refractivity contribution in [2.45, 2.75) is 19.1 Å². The third-order valence-electron chi connectivity index (χ3n) is 2.67. The topological polar surface area (TPSA) is 62.5 Å². The summed E-state index contributed by atoms with van der Waals surface area (Å²) in [6.07, 6.45) is 1.63. The van der Waals surface area contributed by atoms with Crippen LogP contribution in [0.25, 0.3) is 10.9 Å². The highest BCUT2D eigenvalue weighted by molar-refractivity contribution is 5.81. The maximum atomic E-state index is 13.1. The molecule has 17 heavy (non-hydrogen) atoms. The average molecular weight is 237 g/mol. The van der Waals surface area contributed by atoms with E-state index in [1.807, 2.05) is 0 Å². The second kappa shape index (κ2) is 3.85. The van der Waals surface area contributed by atoms with Crippen molar-refractivity contribution in [3.05, 3.63) is 36.3 Å². The number of carbonyl (C=O) groups is 1. The van der Waals surface area contributed by atoms with Crippen LogP contribution in [0.5, 0.6) is 0 Å². The van der Waals surface area contributed by atoms with E-state index >= 15 is 0 Å². The van der Waals surface area contributed by atoms with Crippen molar-refractivity contribution < 1.29 is 19.4 Å². The molecule has 5 heteroatoms. The molecular formula is C12H12FNO3. The summed E-state index contributed by atoms with van der Waals surface area (Å²) in [5.41, 5.74) is -1.32.